The fourth-order valence-electron chi connectivity index (χ4n) is 5.81. The standard InChI is InChI=1S/C28H31N3O4/c1-17-14-28(26(33)30-12-13-32)25(19(3)35-27(28)34)23(18(17)2)11-10-22-9-8-21(16-31-22)24-7-5-4-6-20(24)15-29/h4-11,16-19,23,25,32H,12-14H2,1-3H3,(H,30,33)/b11-10+/t17?,18?,19?,23?,25?,28-/m1/s1. The van der Waals surface area contributed by atoms with Gasteiger partial charge in [0.15, 0.2) is 5.41 Å². The smallest absolute Gasteiger partial charge is 0.322 e. The molecule has 0 spiro atoms. The minimum Gasteiger partial charge on any atom is -0.461 e. The van der Waals surface area contributed by atoms with Crippen molar-refractivity contribution in [1.82, 2.24) is 10.3 Å². The maximum absolute atomic E-state index is 13.2. The Labute approximate surface area is 205 Å². The summed E-state index contributed by atoms with van der Waals surface area (Å²) in [5.74, 6) is -0.855. The number of aromatic nitrogens is 1. The number of ether oxygens (including phenoxy) is 1. The number of hydrogen-bond donors (Lipinski definition) is 2. The van der Waals surface area contributed by atoms with E-state index < -0.39 is 17.5 Å². The van der Waals surface area contributed by atoms with Gasteiger partial charge in [-0.05, 0) is 49.3 Å². The summed E-state index contributed by atoms with van der Waals surface area (Å²) in [7, 11) is 0. The van der Waals surface area contributed by atoms with Gasteiger partial charge in [-0.1, -0.05) is 44.2 Å². The zero-order valence-electron chi connectivity index (χ0n) is 20.3. The van der Waals surface area contributed by atoms with Crippen molar-refractivity contribution in [2.45, 2.75) is 33.3 Å². The zero-order valence-corrected chi connectivity index (χ0v) is 20.3. The highest BCUT2D eigenvalue weighted by Gasteiger charge is 2.66. The second-order valence-electron chi connectivity index (χ2n) is 9.69. The second kappa shape index (κ2) is 10.0. The maximum atomic E-state index is 13.2. The molecule has 0 radical (unpaired) electrons. The third kappa shape index (κ3) is 4.35. The van der Waals surface area contributed by atoms with Gasteiger partial charge in [-0.2, -0.15) is 5.26 Å². The number of esters is 1. The minimum atomic E-state index is -1.26. The lowest BCUT2D eigenvalue weighted by atomic mass is 9.54. The van der Waals surface area contributed by atoms with Gasteiger partial charge in [0.05, 0.1) is 23.9 Å². The van der Waals surface area contributed by atoms with E-state index in [0.29, 0.717) is 12.0 Å². The number of hydrogen-bond acceptors (Lipinski definition) is 6. The summed E-state index contributed by atoms with van der Waals surface area (Å²) >= 11 is 0. The van der Waals surface area contributed by atoms with E-state index in [1.807, 2.05) is 43.3 Å². The number of cyclic esters (lactones) is 1. The van der Waals surface area contributed by atoms with Crippen LogP contribution in [0.3, 0.4) is 0 Å². The van der Waals surface area contributed by atoms with Gasteiger partial charge in [0.25, 0.3) is 0 Å². The van der Waals surface area contributed by atoms with E-state index in [2.05, 4.69) is 36.3 Å². The van der Waals surface area contributed by atoms with Gasteiger partial charge in [0.2, 0.25) is 5.91 Å². The molecular weight excluding hydrogens is 442 g/mol. The van der Waals surface area contributed by atoms with E-state index in [1.165, 1.54) is 0 Å². The van der Waals surface area contributed by atoms with E-state index in [0.717, 1.165) is 16.8 Å². The number of carbonyl (C=O) groups excluding carboxylic acids is 2. The van der Waals surface area contributed by atoms with E-state index in [1.54, 1.807) is 12.3 Å². The number of benzene rings is 1. The zero-order chi connectivity index (χ0) is 25.2. The van der Waals surface area contributed by atoms with Gasteiger partial charge >= 0.3 is 5.97 Å². The third-order valence-corrected chi connectivity index (χ3v) is 7.73. The normalized spacial score (nSPS) is 29.9. The first kappa shape index (κ1) is 24.6. The molecule has 2 N–H and O–H groups in total. The van der Waals surface area contributed by atoms with E-state index >= 15 is 0 Å². The lowest BCUT2D eigenvalue weighted by Crippen LogP contribution is -2.56. The van der Waals surface area contributed by atoms with Crippen LogP contribution < -0.4 is 5.32 Å². The van der Waals surface area contributed by atoms with Crippen molar-refractivity contribution in [2.75, 3.05) is 13.2 Å². The number of amides is 1. The highest BCUT2D eigenvalue weighted by atomic mass is 16.6. The Balaban J connectivity index is 1.63. The van der Waals surface area contributed by atoms with Crippen molar-refractivity contribution in [3.8, 4) is 17.2 Å². The van der Waals surface area contributed by atoms with Gasteiger partial charge in [-0.25, -0.2) is 0 Å². The predicted octanol–water partition coefficient (Wildman–Crippen LogP) is 3.58. The summed E-state index contributed by atoms with van der Waals surface area (Å²) in [6.45, 7) is 5.99. The van der Waals surface area contributed by atoms with Crippen LogP contribution >= 0.6 is 0 Å². The summed E-state index contributed by atoms with van der Waals surface area (Å²) in [5.41, 5.74) is 1.79. The van der Waals surface area contributed by atoms with Gasteiger partial charge in [0, 0.05) is 29.8 Å². The number of rotatable bonds is 6. The molecule has 2 heterocycles. The molecule has 1 aliphatic carbocycles. The average Bonchev–Trinajstić information content (AvgIpc) is 3.12. The molecule has 182 valence electrons. The molecule has 2 fully saturated rings. The number of aliphatic hydroxyl groups is 1. The molecule has 35 heavy (non-hydrogen) atoms. The number of fused-ring (bicyclic) bond motifs is 1. The quantitative estimate of drug-likeness (QED) is 0.490. The number of nitrogens with one attached hydrogen (secondary N) is 1. The molecule has 1 aliphatic heterocycles. The molecule has 2 aliphatic rings. The first-order chi connectivity index (χ1) is 16.8. The molecule has 1 aromatic carbocycles. The lowest BCUT2D eigenvalue weighted by molar-refractivity contribution is -0.157. The largest absolute Gasteiger partial charge is 0.461 e. The van der Waals surface area contributed by atoms with Crippen molar-refractivity contribution >= 4 is 18.0 Å². The van der Waals surface area contributed by atoms with Crippen LogP contribution in [0.15, 0.2) is 48.7 Å². The second-order valence-corrected chi connectivity index (χ2v) is 9.69. The van der Waals surface area contributed by atoms with E-state index in [4.69, 9.17) is 4.74 Å². The molecule has 2 aromatic rings. The molecule has 7 heteroatoms. The molecule has 6 atom stereocenters. The first-order valence-electron chi connectivity index (χ1n) is 12.1. The Morgan fingerprint density at radius 1 is 1.29 bits per heavy atom. The summed E-state index contributed by atoms with van der Waals surface area (Å²) in [6, 6.07) is 13.5. The average molecular weight is 474 g/mol. The Kier molecular flexibility index (Phi) is 7.04. The van der Waals surface area contributed by atoms with Crippen LogP contribution in [0.2, 0.25) is 0 Å². The topological polar surface area (TPSA) is 112 Å². The molecule has 1 amide bonds. The minimum absolute atomic E-state index is 0.0686. The summed E-state index contributed by atoms with van der Waals surface area (Å²) in [6.07, 6.45) is 5.77. The summed E-state index contributed by atoms with van der Waals surface area (Å²) < 4.78 is 5.64. The van der Waals surface area contributed by atoms with E-state index in [-0.39, 0.29) is 42.7 Å². The lowest BCUT2D eigenvalue weighted by Gasteiger charge is -2.46. The van der Waals surface area contributed by atoms with Crippen molar-refractivity contribution in [2.24, 2.45) is 29.1 Å². The van der Waals surface area contributed by atoms with Gasteiger partial charge in [0.1, 0.15) is 6.10 Å². The van der Waals surface area contributed by atoms with Crippen molar-refractivity contribution < 1.29 is 19.4 Å². The number of pyridine rings is 1. The SMILES string of the molecule is CC1C[C@@]2(C(=O)NCCO)C(=O)OC(C)C2C(/C=C/c2ccc(-c3ccccc3C#N)cn2)C1C. The third-order valence-electron chi connectivity index (χ3n) is 7.73. The Morgan fingerprint density at radius 2 is 2.06 bits per heavy atom. The van der Waals surface area contributed by atoms with Gasteiger partial charge in [-0.15, -0.1) is 0 Å². The van der Waals surface area contributed by atoms with Crippen molar-refractivity contribution in [3.63, 3.8) is 0 Å². The molecule has 1 aromatic heterocycles. The number of nitriles is 1. The highest BCUT2D eigenvalue weighted by Crippen LogP contribution is 2.56. The molecule has 7 nitrogen and oxygen atoms in total. The first-order valence-corrected chi connectivity index (χ1v) is 12.1. The molecule has 1 saturated heterocycles. The number of carbonyl (C=O) groups is 2. The van der Waals surface area contributed by atoms with Crippen LogP contribution in [0.1, 0.15) is 38.4 Å². The summed E-state index contributed by atoms with van der Waals surface area (Å²) in [4.78, 5) is 30.8. The van der Waals surface area contributed by atoms with Crippen LogP contribution in [0.4, 0.5) is 0 Å². The van der Waals surface area contributed by atoms with E-state index in [9.17, 15) is 20.0 Å². The van der Waals surface area contributed by atoms with Crippen LogP contribution in [-0.2, 0) is 14.3 Å². The van der Waals surface area contributed by atoms with Crippen LogP contribution in [-0.4, -0.2) is 41.2 Å². The van der Waals surface area contributed by atoms with Gasteiger partial charge in [-0.3, -0.25) is 14.6 Å². The molecule has 1 saturated carbocycles. The molecular formula is C28H31N3O4. The van der Waals surface area contributed by atoms with Crippen molar-refractivity contribution in [1.29, 1.82) is 5.26 Å². The Morgan fingerprint density at radius 3 is 2.74 bits per heavy atom. The Bertz CT molecular complexity index is 1170. The predicted molar refractivity (Wildman–Crippen MR) is 131 cm³/mol. The van der Waals surface area contributed by atoms with Crippen LogP contribution in [0.5, 0.6) is 0 Å². The van der Waals surface area contributed by atoms with Crippen LogP contribution in [0, 0.1) is 40.4 Å². The highest BCUT2D eigenvalue weighted by molar-refractivity contribution is 6.04. The monoisotopic (exact) mass is 473 g/mol. The van der Waals surface area contributed by atoms with Gasteiger partial charge < -0.3 is 15.2 Å². The van der Waals surface area contributed by atoms with Crippen molar-refractivity contribution in [3.05, 3.63) is 59.9 Å². The number of aliphatic hydroxyl groups excluding tert-OH is 1. The fourth-order valence-corrected chi connectivity index (χ4v) is 5.81. The maximum Gasteiger partial charge on any atom is 0.322 e. The molecule has 5 unspecified atom stereocenters. The van der Waals surface area contributed by atoms with Crippen LogP contribution in [0.25, 0.3) is 17.2 Å². The molecule has 0 bridgehead atoms. The Hall–Kier alpha value is -3.50. The summed E-state index contributed by atoms with van der Waals surface area (Å²) in [5, 5.41) is 21.3. The fraction of sp³-hybridized carbons (Fsp3) is 0.429. The number of allylic oxidation sites excluding steroid dienone is 1. The number of nitrogens with zero attached hydrogens (tertiary/aromatic N) is 2. The molecule has 4 rings (SSSR count).